The molecule has 0 aliphatic rings. The number of aromatic hydroxyl groups is 1. The molecule has 0 aromatic carbocycles. The van der Waals surface area contributed by atoms with Gasteiger partial charge < -0.3 is 15.7 Å². The van der Waals surface area contributed by atoms with Gasteiger partial charge in [0.2, 0.25) is 0 Å². The number of amides is 2. The van der Waals surface area contributed by atoms with Crippen LogP contribution in [0.4, 0.5) is 19.0 Å². The van der Waals surface area contributed by atoms with Gasteiger partial charge in [0.25, 0.3) is 11.8 Å². The lowest BCUT2D eigenvalue weighted by Gasteiger charge is -2.11. The average Bonchev–Trinajstić information content (AvgIpc) is 3.19. The van der Waals surface area contributed by atoms with Gasteiger partial charge >= 0.3 is 6.18 Å². The molecule has 2 amide bonds. The van der Waals surface area contributed by atoms with Crippen molar-refractivity contribution in [3.63, 3.8) is 0 Å². The first-order valence-corrected chi connectivity index (χ1v) is 9.54. The third-order valence-corrected chi connectivity index (χ3v) is 4.85. The molecule has 1 atom stereocenters. The second-order valence-corrected chi connectivity index (χ2v) is 7.03. The van der Waals surface area contributed by atoms with Crippen LogP contribution in [0.25, 0.3) is 0 Å². The Kier molecular flexibility index (Phi) is 7.64. The largest absolute Gasteiger partial charge is 0.506 e. The summed E-state index contributed by atoms with van der Waals surface area (Å²) in [5.41, 5.74) is -1.19. The van der Waals surface area contributed by atoms with Crippen LogP contribution in [0.15, 0.2) is 47.9 Å². The Balaban J connectivity index is 2.12. The van der Waals surface area contributed by atoms with Crippen LogP contribution >= 0.6 is 11.3 Å². The Labute approximate surface area is 179 Å². The number of hydrogen-bond donors (Lipinski definition) is 3. The molecule has 0 bridgehead atoms. The van der Waals surface area contributed by atoms with E-state index in [-0.39, 0.29) is 16.4 Å². The van der Waals surface area contributed by atoms with Gasteiger partial charge in [-0.2, -0.15) is 13.2 Å². The summed E-state index contributed by atoms with van der Waals surface area (Å²) in [6.45, 7) is 6.82. The van der Waals surface area contributed by atoms with Gasteiger partial charge in [-0.05, 0) is 26.0 Å². The van der Waals surface area contributed by atoms with Crippen molar-refractivity contribution in [2.45, 2.75) is 26.1 Å². The van der Waals surface area contributed by atoms with E-state index < -0.39 is 35.3 Å². The molecule has 2 aromatic heterocycles. The summed E-state index contributed by atoms with van der Waals surface area (Å²) in [5.74, 6) is -2.65. The monoisotopic (exact) mass is 453 g/mol. The van der Waals surface area contributed by atoms with E-state index in [1.54, 1.807) is 13.8 Å². The maximum atomic E-state index is 12.9. The van der Waals surface area contributed by atoms with Crippen molar-refractivity contribution in [3.05, 3.63) is 58.3 Å². The van der Waals surface area contributed by atoms with Crippen LogP contribution in [0.5, 0.6) is 5.75 Å². The van der Waals surface area contributed by atoms with E-state index in [2.05, 4.69) is 32.2 Å². The Morgan fingerprint density at radius 1 is 1.32 bits per heavy atom. The number of pyridine rings is 1. The van der Waals surface area contributed by atoms with Crippen molar-refractivity contribution in [2.24, 2.45) is 4.99 Å². The van der Waals surface area contributed by atoms with Crippen molar-refractivity contribution in [2.75, 3.05) is 5.32 Å². The Morgan fingerprint density at radius 3 is 2.65 bits per heavy atom. The highest BCUT2D eigenvalue weighted by Crippen LogP contribution is 2.36. The van der Waals surface area contributed by atoms with E-state index in [4.69, 9.17) is 0 Å². The Bertz CT molecular complexity index is 1050. The molecule has 3 N–H and O–H groups in total. The lowest BCUT2D eigenvalue weighted by atomic mass is 10.2. The second kappa shape index (κ2) is 9.98. The molecule has 0 aliphatic heterocycles. The van der Waals surface area contributed by atoms with Gasteiger partial charge in [-0.3, -0.25) is 14.6 Å². The van der Waals surface area contributed by atoms with Gasteiger partial charge in [0.05, 0.1) is 18.4 Å². The average molecular weight is 453 g/mol. The first-order valence-electron chi connectivity index (χ1n) is 8.72. The predicted molar refractivity (Wildman–Crippen MR) is 110 cm³/mol. The van der Waals surface area contributed by atoms with Crippen molar-refractivity contribution < 1.29 is 27.9 Å². The molecular formula is C19H18F3N5O3S. The summed E-state index contributed by atoms with van der Waals surface area (Å²) < 4.78 is 38.6. The maximum Gasteiger partial charge on any atom is 0.420 e. The molecule has 2 heterocycles. The molecule has 0 radical (unpaired) electrons. The lowest BCUT2D eigenvalue weighted by Crippen LogP contribution is -2.27. The van der Waals surface area contributed by atoms with Gasteiger partial charge in [0.1, 0.15) is 32.7 Å². The van der Waals surface area contributed by atoms with Crippen LogP contribution < -0.4 is 10.6 Å². The number of aromatic nitrogens is 2. The standard InChI is InChI=1S/C19H18F3N5O3S/c1-4-6-12(23-5-2)16(29)26-10(3)18-25-9-14(31-18)17(30)27-15-7-11(19(20,21)22)13(28)8-24-15/h4-10,28H,1H2,2-3H3,(H,26,29)(H,24,27,30)/b12-6-,23-5?/t10-/m1/s1. The SMILES string of the molecule is C=C/C=C(\N=CC)C(=O)N[C@H](C)c1ncc(C(=O)Nc2cc(C(F)(F)F)c(O)cn2)s1. The molecule has 164 valence electrons. The minimum Gasteiger partial charge on any atom is -0.506 e. The highest BCUT2D eigenvalue weighted by molar-refractivity contribution is 7.13. The number of halogens is 3. The van der Waals surface area contributed by atoms with Crippen molar-refractivity contribution >= 4 is 35.2 Å². The summed E-state index contributed by atoms with van der Waals surface area (Å²) in [4.78, 5) is 36.3. The molecule has 2 aromatic rings. The maximum absolute atomic E-state index is 12.9. The number of nitrogens with one attached hydrogen (secondary N) is 2. The number of hydrogen-bond acceptors (Lipinski definition) is 7. The number of alkyl halides is 3. The highest BCUT2D eigenvalue weighted by Gasteiger charge is 2.34. The summed E-state index contributed by atoms with van der Waals surface area (Å²) in [7, 11) is 0. The van der Waals surface area contributed by atoms with E-state index in [0.29, 0.717) is 17.3 Å². The summed E-state index contributed by atoms with van der Waals surface area (Å²) in [6, 6.07) is -0.0392. The number of allylic oxidation sites excluding steroid dienone is 2. The number of rotatable bonds is 7. The number of carbonyl (C=O) groups excluding carboxylic acids is 2. The van der Waals surface area contributed by atoms with E-state index in [9.17, 15) is 27.9 Å². The number of aliphatic imine (C=N–C) groups is 1. The fraction of sp³-hybridized carbons (Fsp3) is 0.211. The Hall–Kier alpha value is -3.54. The van der Waals surface area contributed by atoms with E-state index >= 15 is 0 Å². The zero-order chi connectivity index (χ0) is 23.2. The van der Waals surface area contributed by atoms with E-state index in [1.807, 2.05) is 0 Å². The number of nitrogens with zero attached hydrogens (tertiary/aromatic N) is 3. The molecule has 8 nitrogen and oxygen atoms in total. The van der Waals surface area contributed by atoms with Crippen LogP contribution in [0.1, 0.15) is 40.1 Å². The molecule has 0 unspecified atom stereocenters. The number of carbonyl (C=O) groups is 2. The molecule has 0 fully saturated rings. The normalized spacial score (nSPS) is 13.1. The molecule has 0 spiro atoms. The summed E-state index contributed by atoms with van der Waals surface area (Å²) in [6.07, 6.45) is 1.32. The molecular weight excluding hydrogens is 435 g/mol. The van der Waals surface area contributed by atoms with E-state index in [1.165, 1.54) is 24.6 Å². The zero-order valence-electron chi connectivity index (χ0n) is 16.4. The fourth-order valence-electron chi connectivity index (χ4n) is 2.27. The van der Waals surface area contributed by atoms with Gasteiger partial charge in [-0.25, -0.2) is 9.97 Å². The number of anilines is 1. The smallest absolute Gasteiger partial charge is 0.420 e. The van der Waals surface area contributed by atoms with Crippen molar-refractivity contribution in [1.29, 1.82) is 0 Å². The van der Waals surface area contributed by atoms with Crippen LogP contribution in [-0.4, -0.2) is 33.1 Å². The molecule has 0 aliphatic carbocycles. The molecule has 0 saturated heterocycles. The van der Waals surface area contributed by atoms with Crippen LogP contribution in [0, 0.1) is 0 Å². The fourth-order valence-corrected chi connectivity index (χ4v) is 3.09. The first kappa shape index (κ1) is 23.7. The van der Waals surface area contributed by atoms with Crippen LogP contribution in [0.2, 0.25) is 0 Å². The van der Waals surface area contributed by atoms with Gasteiger partial charge in [-0.15, -0.1) is 11.3 Å². The van der Waals surface area contributed by atoms with Crippen molar-refractivity contribution in [1.82, 2.24) is 15.3 Å². The molecule has 12 heteroatoms. The Morgan fingerprint density at radius 2 is 2.03 bits per heavy atom. The lowest BCUT2D eigenvalue weighted by molar-refractivity contribution is -0.138. The number of thiazole rings is 1. The molecule has 31 heavy (non-hydrogen) atoms. The molecule has 2 rings (SSSR count). The highest BCUT2D eigenvalue weighted by atomic mass is 32.1. The third-order valence-electron chi connectivity index (χ3n) is 3.67. The predicted octanol–water partition coefficient (Wildman–Crippen LogP) is 3.85. The summed E-state index contributed by atoms with van der Waals surface area (Å²) in [5, 5.41) is 14.6. The topological polar surface area (TPSA) is 117 Å². The zero-order valence-corrected chi connectivity index (χ0v) is 17.2. The van der Waals surface area contributed by atoms with Crippen LogP contribution in [-0.2, 0) is 11.0 Å². The quantitative estimate of drug-likeness (QED) is 0.335. The third kappa shape index (κ3) is 6.22. The second-order valence-electron chi connectivity index (χ2n) is 5.97. The van der Waals surface area contributed by atoms with Crippen LogP contribution in [0.3, 0.4) is 0 Å². The van der Waals surface area contributed by atoms with Gasteiger partial charge in [0, 0.05) is 6.21 Å². The minimum absolute atomic E-state index is 0.0907. The van der Waals surface area contributed by atoms with Crippen molar-refractivity contribution in [3.8, 4) is 5.75 Å². The van der Waals surface area contributed by atoms with Gasteiger partial charge in [0.15, 0.2) is 0 Å². The van der Waals surface area contributed by atoms with E-state index in [0.717, 1.165) is 11.3 Å². The summed E-state index contributed by atoms with van der Waals surface area (Å²) >= 11 is 0.946. The molecule has 0 saturated carbocycles. The van der Waals surface area contributed by atoms with Gasteiger partial charge in [-0.1, -0.05) is 12.7 Å². The minimum atomic E-state index is -4.81. The first-order chi connectivity index (χ1) is 14.6.